The second-order valence-electron chi connectivity index (χ2n) is 8.12. The third kappa shape index (κ3) is 2.53. The molecule has 2 aromatic carbocycles. The number of aromatic nitrogens is 1. The van der Waals surface area contributed by atoms with E-state index < -0.39 is 0 Å². The van der Waals surface area contributed by atoms with E-state index in [1.54, 1.807) is 0 Å². The number of nitrogens with one attached hydrogen (secondary N) is 1. The first-order valence-electron chi connectivity index (χ1n) is 10.3. The van der Waals surface area contributed by atoms with Gasteiger partial charge in [0.05, 0.1) is 12.1 Å². The monoisotopic (exact) mass is 370 g/mol. The summed E-state index contributed by atoms with van der Waals surface area (Å²) in [4.78, 5) is 19.3. The summed E-state index contributed by atoms with van der Waals surface area (Å²) in [6, 6.07) is 19.0. The predicted octanol–water partition coefficient (Wildman–Crippen LogP) is 5.99. The maximum Gasteiger partial charge on any atom is 0.251 e. The van der Waals surface area contributed by atoms with Crippen LogP contribution in [-0.2, 0) is 4.79 Å². The summed E-state index contributed by atoms with van der Waals surface area (Å²) >= 11 is 0. The summed E-state index contributed by atoms with van der Waals surface area (Å²) in [6.45, 7) is 4.31. The molecule has 1 amide bonds. The SMILES string of the molecule is Cc1[nH]c2ccccc2c1[C@@H]1C2=C(CCCC2)C(=O)N1[C@@H](C)c1ccccc1. The summed E-state index contributed by atoms with van der Waals surface area (Å²) in [5.41, 5.74) is 7.22. The molecule has 142 valence electrons. The first-order valence-corrected chi connectivity index (χ1v) is 10.3. The van der Waals surface area contributed by atoms with E-state index in [0.29, 0.717) is 0 Å². The van der Waals surface area contributed by atoms with Crippen LogP contribution in [0.1, 0.15) is 61.5 Å². The van der Waals surface area contributed by atoms with E-state index in [0.717, 1.165) is 30.4 Å². The van der Waals surface area contributed by atoms with E-state index in [2.05, 4.69) is 72.3 Å². The first kappa shape index (κ1) is 17.3. The Morgan fingerprint density at radius 1 is 1.00 bits per heavy atom. The van der Waals surface area contributed by atoms with Crippen molar-refractivity contribution in [2.45, 2.75) is 51.6 Å². The van der Waals surface area contributed by atoms with Crippen molar-refractivity contribution in [3.8, 4) is 0 Å². The highest BCUT2D eigenvalue weighted by molar-refractivity contribution is 5.99. The highest BCUT2D eigenvalue weighted by Crippen LogP contribution is 2.50. The van der Waals surface area contributed by atoms with Gasteiger partial charge in [-0.3, -0.25) is 4.79 Å². The minimum atomic E-state index is 0.0363. The zero-order chi connectivity index (χ0) is 19.3. The lowest BCUT2D eigenvalue weighted by Crippen LogP contribution is -2.33. The number of aromatic amines is 1. The van der Waals surface area contributed by atoms with E-state index in [1.807, 2.05) is 6.07 Å². The Morgan fingerprint density at radius 2 is 1.71 bits per heavy atom. The molecule has 0 fully saturated rings. The van der Waals surface area contributed by atoms with Gasteiger partial charge in [0, 0.05) is 27.7 Å². The molecule has 0 spiro atoms. The molecule has 5 rings (SSSR count). The fourth-order valence-corrected chi connectivity index (χ4v) is 5.17. The van der Waals surface area contributed by atoms with Crippen LogP contribution in [0.5, 0.6) is 0 Å². The molecule has 1 aromatic heterocycles. The Hall–Kier alpha value is -2.81. The molecule has 0 saturated carbocycles. The molecule has 3 heteroatoms. The lowest BCUT2D eigenvalue weighted by Gasteiger charge is -2.33. The molecule has 1 N–H and O–H groups in total. The zero-order valence-corrected chi connectivity index (χ0v) is 16.5. The third-order valence-corrected chi connectivity index (χ3v) is 6.53. The fourth-order valence-electron chi connectivity index (χ4n) is 5.17. The van der Waals surface area contributed by atoms with Crippen LogP contribution in [0.15, 0.2) is 65.7 Å². The van der Waals surface area contributed by atoms with E-state index in [1.165, 1.54) is 34.2 Å². The van der Waals surface area contributed by atoms with Crippen molar-refractivity contribution in [2.75, 3.05) is 0 Å². The summed E-state index contributed by atoms with van der Waals surface area (Å²) in [6.07, 6.45) is 4.25. The van der Waals surface area contributed by atoms with Gasteiger partial charge in [0.2, 0.25) is 0 Å². The first-order chi connectivity index (χ1) is 13.7. The van der Waals surface area contributed by atoms with Gasteiger partial charge in [-0.25, -0.2) is 0 Å². The number of hydrogen-bond acceptors (Lipinski definition) is 1. The largest absolute Gasteiger partial charge is 0.358 e. The number of carbonyl (C=O) groups is 1. The molecule has 3 nitrogen and oxygen atoms in total. The van der Waals surface area contributed by atoms with Crippen LogP contribution in [0.2, 0.25) is 0 Å². The minimum Gasteiger partial charge on any atom is -0.358 e. The van der Waals surface area contributed by atoms with Crippen LogP contribution in [0.25, 0.3) is 10.9 Å². The maximum absolute atomic E-state index is 13.6. The normalized spacial score (nSPS) is 20.7. The van der Waals surface area contributed by atoms with Crippen LogP contribution in [0, 0.1) is 6.92 Å². The summed E-state index contributed by atoms with van der Waals surface area (Å²) < 4.78 is 0. The number of H-pyrrole nitrogens is 1. The van der Waals surface area contributed by atoms with E-state index in [9.17, 15) is 4.79 Å². The summed E-state index contributed by atoms with van der Waals surface area (Å²) in [5.74, 6) is 0.237. The quantitative estimate of drug-likeness (QED) is 0.604. The van der Waals surface area contributed by atoms with Crippen molar-refractivity contribution >= 4 is 16.8 Å². The number of rotatable bonds is 3. The average Bonchev–Trinajstić information content (AvgIpc) is 3.21. The Balaban J connectivity index is 1.70. The average molecular weight is 370 g/mol. The molecule has 2 aliphatic rings. The highest BCUT2D eigenvalue weighted by Gasteiger charge is 2.44. The molecule has 1 aliphatic heterocycles. The van der Waals surface area contributed by atoms with E-state index >= 15 is 0 Å². The number of benzene rings is 2. The Bertz CT molecular complexity index is 1080. The fraction of sp³-hybridized carbons (Fsp3) is 0.320. The second-order valence-corrected chi connectivity index (χ2v) is 8.12. The summed E-state index contributed by atoms with van der Waals surface area (Å²) in [7, 11) is 0. The van der Waals surface area contributed by atoms with Crippen LogP contribution < -0.4 is 0 Å². The van der Waals surface area contributed by atoms with Gasteiger partial charge in [0.25, 0.3) is 5.91 Å². The maximum atomic E-state index is 13.6. The van der Waals surface area contributed by atoms with Gasteiger partial charge >= 0.3 is 0 Å². The predicted molar refractivity (Wildman–Crippen MR) is 113 cm³/mol. The lowest BCUT2D eigenvalue weighted by atomic mass is 9.86. The molecule has 0 saturated heterocycles. The molecule has 0 unspecified atom stereocenters. The summed E-state index contributed by atoms with van der Waals surface area (Å²) in [5, 5.41) is 1.24. The number of aryl methyl sites for hydroxylation is 1. The topological polar surface area (TPSA) is 36.1 Å². The molecule has 28 heavy (non-hydrogen) atoms. The number of nitrogens with zero attached hydrogens (tertiary/aromatic N) is 1. The van der Waals surface area contributed by atoms with Crippen LogP contribution in [0.4, 0.5) is 0 Å². The van der Waals surface area contributed by atoms with E-state index in [-0.39, 0.29) is 18.0 Å². The molecule has 1 aliphatic carbocycles. The number of hydrogen-bond donors (Lipinski definition) is 1. The van der Waals surface area contributed by atoms with Gasteiger partial charge < -0.3 is 9.88 Å². The molecule has 2 heterocycles. The number of amides is 1. The van der Waals surface area contributed by atoms with Crippen LogP contribution >= 0.6 is 0 Å². The molecule has 3 aromatic rings. The van der Waals surface area contributed by atoms with Crippen molar-refractivity contribution in [3.05, 3.63) is 82.6 Å². The van der Waals surface area contributed by atoms with Gasteiger partial charge in [-0.15, -0.1) is 0 Å². The van der Waals surface area contributed by atoms with Gasteiger partial charge in [0.1, 0.15) is 0 Å². The molecule has 0 radical (unpaired) electrons. The van der Waals surface area contributed by atoms with Crippen molar-refractivity contribution in [3.63, 3.8) is 0 Å². The van der Waals surface area contributed by atoms with Gasteiger partial charge in [-0.05, 0) is 56.7 Å². The van der Waals surface area contributed by atoms with Gasteiger partial charge in [-0.2, -0.15) is 0 Å². The van der Waals surface area contributed by atoms with Crippen molar-refractivity contribution < 1.29 is 4.79 Å². The second kappa shape index (κ2) is 6.66. The minimum absolute atomic E-state index is 0.0363. The van der Waals surface area contributed by atoms with Gasteiger partial charge in [-0.1, -0.05) is 48.5 Å². The number of fused-ring (bicyclic) bond motifs is 1. The molecule has 0 bridgehead atoms. The van der Waals surface area contributed by atoms with Crippen molar-refractivity contribution in [1.82, 2.24) is 9.88 Å². The third-order valence-electron chi connectivity index (χ3n) is 6.53. The van der Waals surface area contributed by atoms with Gasteiger partial charge in [0.15, 0.2) is 0 Å². The Labute approximate surface area is 166 Å². The Kier molecular flexibility index (Phi) is 4.12. The number of para-hydroxylation sites is 1. The zero-order valence-electron chi connectivity index (χ0n) is 16.5. The van der Waals surface area contributed by atoms with Crippen molar-refractivity contribution in [2.24, 2.45) is 0 Å². The van der Waals surface area contributed by atoms with E-state index in [4.69, 9.17) is 0 Å². The Morgan fingerprint density at radius 3 is 2.54 bits per heavy atom. The highest BCUT2D eigenvalue weighted by atomic mass is 16.2. The standard InChI is InChI=1S/C25H26N2O/c1-16-23(21-14-8-9-15-22(21)26-16)24-19-12-6-7-13-20(19)25(28)27(24)17(2)18-10-4-3-5-11-18/h3-5,8-11,14-15,17,24,26H,6-7,12-13H2,1-2H3/t17-,24-/m0/s1. The molecular weight excluding hydrogens is 344 g/mol. The van der Waals surface area contributed by atoms with Crippen LogP contribution in [-0.4, -0.2) is 15.8 Å². The smallest absolute Gasteiger partial charge is 0.251 e. The molecule has 2 atom stereocenters. The lowest BCUT2D eigenvalue weighted by molar-refractivity contribution is -0.129. The molecular formula is C25H26N2O. The van der Waals surface area contributed by atoms with Crippen molar-refractivity contribution in [1.29, 1.82) is 0 Å². The van der Waals surface area contributed by atoms with Crippen LogP contribution in [0.3, 0.4) is 0 Å². The number of carbonyl (C=O) groups excluding carboxylic acids is 1.